The molecule has 0 aromatic rings. The zero-order chi connectivity index (χ0) is 19.0. The number of ether oxygens (including phenoxy) is 1. The van der Waals surface area contributed by atoms with E-state index in [2.05, 4.69) is 37.7 Å². The summed E-state index contributed by atoms with van der Waals surface area (Å²) in [5.74, 6) is -0.296. The van der Waals surface area contributed by atoms with E-state index in [9.17, 15) is 4.79 Å². The molecule has 0 amide bonds. The average Bonchev–Trinajstić information content (AvgIpc) is 2.53. The van der Waals surface area contributed by atoms with Crippen LogP contribution in [0.3, 0.4) is 0 Å². The number of hydrogen-bond acceptors (Lipinski definition) is 5. The molecular formula is C20H34N2O2S. The maximum absolute atomic E-state index is 12.5. The average molecular weight is 367 g/mol. The molecule has 4 nitrogen and oxygen atoms in total. The Morgan fingerprint density at radius 2 is 2.16 bits per heavy atom. The van der Waals surface area contributed by atoms with Gasteiger partial charge in [-0.3, -0.25) is 5.01 Å². The minimum absolute atomic E-state index is 0.160. The van der Waals surface area contributed by atoms with E-state index in [1.807, 2.05) is 39.0 Å². The summed E-state index contributed by atoms with van der Waals surface area (Å²) in [5.41, 5.74) is 2.36. The second-order valence-electron chi connectivity index (χ2n) is 7.45. The van der Waals surface area contributed by atoms with Gasteiger partial charge >= 0.3 is 5.97 Å². The molecule has 0 bridgehead atoms. The number of allylic oxidation sites excluding steroid dienone is 2. The van der Waals surface area contributed by atoms with Crippen LogP contribution < -0.4 is 0 Å². The highest BCUT2D eigenvalue weighted by atomic mass is 32.1. The van der Waals surface area contributed by atoms with E-state index >= 15 is 0 Å². The Bertz CT molecular complexity index is 546. The van der Waals surface area contributed by atoms with Crippen molar-refractivity contribution in [2.45, 2.75) is 72.8 Å². The SMILES string of the molecule is CC/C=N\N(C)[C@H](CC1=CCC(C)(C)CC1)/C(C(=O)OCC)=C(/C)S. The van der Waals surface area contributed by atoms with Crippen LogP contribution in [0.1, 0.15) is 66.7 Å². The lowest BCUT2D eigenvalue weighted by molar-refractivity contribution is -0.139. The van der Waals surface area contributed by atoms with Crippen molar-refractivity contribution in [2.24, 2.45) is 10.5 Å². The van der Waals surface area contributed by atoms with Crippen LogP contribution in [-0.4, -0.2) is 36.9 Å². The van der Waals surface area contributed by atoms with Gasteiger partial charge in [0.05, 0.1) is 18.2 Å². The minimum atomic E-state index is -0.296. The topological polar surface area (TPSA) is 41.9 Å². The molecule has 0 aliphatic heterocycles. The first-order valence-corrected chi connectivity index (χ1v) is 9.66. The lowest BCUT2D eigenvalue weighted by Crippen LogP contribution is -2.35. The minimum Gasteiger partial charge on any atom is -0.463 e. The number of rotatable bonds is 8. The summed E-state index contributed by atoms with van der Waals surface area (Å²) in [6, 6.07) is -0.160. The van der Waals surface area contributed by atoms with Gasteiger partial charge in [-0.1, -0.05) is 32.4 Å². The number of nitrogens with zero attached hydrogens (tertiary/aromatic N) is 2. The van der Waals surface area contributed by atoms with Crippen LogP contribution in [0.25, 0.3) is 0 Å². The number of esters is 1. The second kappa shape index (κ2) is 10.0. The van der Waals surface area contributed by atoms with Crippen LogP contribution in [0.15, 0.2) is 27.2 Å². The van der Waals surface area contributed by atoms with Crippen molar-refractivity contribution in [2.75, 3.05) is 13.7 Å². The van der Waals surface area contributed by atoms with Crippen molar-refractivity contribution in [3.8, 4) is 0 Å². The first kappa shape index (κ1) is 21.8. The highest BCUT2D eigenvalue weighted by Gasteiger charge is 2.30. The molecule has 0 fully saturated rings. The van der Waals surface area contributed by atoms with Gasteiger partial charge in [-0.25, -0.2) is 4.79 Å². The van der Waals surface area contributed by atoms with E-state index in [1.54, 1.807) is 0 Å². The van der Waals surface area contributed by atoms with Gasteiger partial charge in [-0.2, -0.15) is 5.10 Å². The molecule has 0 heterocycles. The van der Waals surface area contributed by atoms with Crippen LogP contribution in [0.2, 0.25) is 0 Å². The molecule has 1 aliphatic rings. The maximum atomic E-state index is 12.5. The molecule has 0 saturated carbocycles. The summed E-state index contributed by atoms with van der Waals surface area (Å²) in [4.78, 5) is 13.2. The van der Waals surface area contributed by atoms with Gasteiger partial charge in [0.2, 0.25) is 0 Å². The summed E-state index contributed by atoms with van der Waals surface area (Å²) < 4.78 is 5.28. The predicted molar refractivity (Wildman–Crippen MR) is 109 cm³/mol. The third-order valence-electron chi connectivity index (χ3n) is 4.64. The van der Waals surface area contributed by atoms with Gasteiger partial charge in [-0.15, -0.1) is 12.6 Å². The number of carbonyl (C=O) groups excluding carboxylic acids is 1. The van der Waals surface area contributed by atoms with Crippen LogP contribution in [-0.2, 0) is 9.53 Å². The van der Waals surface area contributed by atoms with Crippen LogP contribution >= 0.6 is 12.6 Å². The van der Waals surface area contributed by atoms with Gasteiger partial charge in [-0.05, 0) is 56.3 Å². The van der Waals surface area contributed by atoms with E-state index in [4.69, 9.17) is 4.74 Å². The van der Waals surface area contributed by atoms with Crippen LogP contribution in [0, 0.1) is 5.41 Å². The van der Waals surface area contributed by atoms with Crippen molar-refractivity contribution in [3.05, 3.63) is 22.1 Å². The fourth-order valence-corrected chi connectivity index (χ4v) is 3.24. The largest absolute Gasteiger partial charge is 0.463 e. The molecule has 0 aromatic heterocycles. The number of hydrogen-bond donors (Lipinski definition) is 1. The molecule has 0 radical (unpaired) electrons. The van der Waals surface area contributed by atoms with E-state index < -0.39 is 0 Å². The van der Waals surface area contributed by atoms with Crippen molar-refractivity contribution in [1.82, 2.24) is 5.01 Å². The third kappa shape index (κ3) is 6.89. The summed E-state index contributed by atoms with van der Waals surface area (Å²) in [6.07, 6.45) is 9.15. The number of hydrazone groups is 1. The number of likely N-dealkylation sites (N-methyl/N-ethyl adjacent to an activating group) is 1. The molecule has 1 atom stereocenters. The molecule has 0 N–H and O–H groups in total. The normalized spacial score (nSPS) is 19.2. The van der Waals surface area contributed by atoms with Crippen molar-refractivity contribution in [3.63, 3.8) is 0 Å². The standard InChI is InChI=1S/C20H34N2O2S/c1-7-13-21-22(6)17(18(15(3)25)19(23)24-8-2)14-16-9-11-20(4,5)12-10-16/h9,13,17,25H,7-8,10-12,14H2,1-6H3/b18-15+,21-13-/t17-/m1/s1. The Hall–Kier alpha value is -1.23. The Morgan fingerprint density at radius 1 is 1.48 bits per heavy atom. The molecule has 0 aromatic carbocycles. The number of carbonyl (C=O) groups is 1. The molecule has 0 spiro atoms. The lowest BCUT2D eigenvalue weighted by Gasteiger charge is -2.33. The lowest BCUT2D eigenvalue weighted by atomic mass is 9.77. The molecule has 25 heavy (non-hydrogen) atoms. The quantitative estimate of drug-likeness (QED) is 0.165. The highest BCUT2D eigenvalue weighted by molar-refractivity contribution is 7.84. The zero-order valence-corrected chi connectivity index (χ0v) is 17.5. The maximum Gasteiger partial charge on any atom is 0.336 e. The van der Waals surface area contributed by atoms with E-state index in [-0.39, 0.29) is 12.0 Å². The molecule has 0 saturated heterocycles. The molecule has 5 heteroatoms. The third-order valence-corrected chi connectivity index (χ3v) is 4.88. The van der Waals surface area contributed by atoms with Gasteiger partial charge in [0, 0.05) is 13.3 Å². The highest BCUT2D eigenvalue weighted by Crippen LogP contribution is 2.37. The molecule has 0 unspecified atom stereocenters. The van der Waals surface area contributed by atoms with Gasteiger partial charge in [0.15, 0.2) is 0 Å². The second-order valence-corrected chi connectivity index (χ2v) is 8.12. The zero-order valence-electron chi connectivity index (χ0n) is 16.6. The summed E-state index contributed by atoms with van der Waals surface area (Å²) >= 11 is 4.48. The Morgan fingerprint density at radius 3 is 2.64 bits per heavy atom. The van der Waals surface area contributed by atoms with Crippen LogP contribution in [0.4, 0.5) is 0 Å². The van der Waals surface area contributed by atoms with Gasteiger partial charge in [0.1, 0.15) is 0 Å². The Balaban J connectivity index is 3.11. The van der Waals surface area contributed by atoms with E-state index in [0.29, 0.717) is 22.5 Å². The first-order chi connectivity index (χ1) is 11.7. The predicted octanol–water partition coefficient (Wildman–Crippen LogP) is 4.98. The first-order valence-electron chi connectivity index (χ1n) is 9.21. The Labute approximate surface area is 158 Å². The van der Waals surface area contributed by atoms with E-state index in [1.165, 1.54) is 12.0 Å². The van der Waals surface area contributed by atoms with Gasteiger partial charge < -0.3 is 4.74 Å². The molecule has 1 rings (SSSR count). The van der Waals surface area contributed by atoms with E-state index in [0.717, 1.165) is 25.7 Å². The van der Waals surface area contributed by atoms with Crippen molar-refractivity contribution >= 4 is 24.8 Å². The molecular weight excluding hydrogens is 332 g/mol. The monoisotopic (exact) mass is 366 g/mol. The van der Waals surface area contributed by atoms with Gasteiger partial charge in [0.25, 0.3) is 0 Å². The number of thiol groups is 1. The molecule has 1 aliphatic carbocycles. The Kier molecular flexibility index (Phi) is 8.77. The van der Waals surface area contributed by atoms with Crippen molar-refractivity contribution in [1.29, 1.82) is 0 Å². The smallest absolute Gasteiger partial charge is 0.336 e. The molecule has 142 valence electrons. The fraction of sp³-hybridized carbons (Fsp3) is 0.700. The fourth-order valence-electron chi connectivity index (χ4n) is 3.00. The summed E-state index contributed by atoms with van der Waals surface area (Å²) in [5, 5.41) is 6.36. The summed E-state index contributed by atoms with van der Waals surface area (Å²) in [6.45, 7) is 10.7. The van der Waals surface area contributed by atoms with Crippen LogP contribution in [0.5, 0.6) is 0 Å². The summed E-state index contributed by atoms with van der Waals surface area (Å²) in [7, 11) is 1.92. The van der Waals surface area contributed by atoms with Crippen molar-refractivity contribution < 1.29 is 9.53 Å².